The zero-order valence-electron chi connectivity index (χ0n) is 12.6. The Kier molecular flexibility index (Phi) is 5.02. The molecule has 2 aromatic heterocycles. The first kappa shape index (κ1) is 15.9. The van der Waals surface area contributed by atoms with Gasteiger partial charge in [0.05, 0.1) is 18.4 Å². The largest absolute Gasteiger partial charge is 0.467 e. The van der Waals surface area contributed by atoms with Gasteiger partial charge in [-0.2, -0.15) is 0 Å². The molecule has 0 bridgehead atoms. The molecule has 0 spiro atoms. The number of hydrogen-bond donors (Lipinski definition) is 1. The van der Waals surface area contributed by atoms with Crippen LogP contribution in [0.4, 0.5) is 0 Å². The molecule has 0 aliphatic heterocycles. The van der Waals surface area contributed by atoms with Crippen LogP contribution in [0.1, 0.15) is 31.6 Å². The van der Waals surface area contributed by atoms with Crippen LogP contribution < -0.4 is 5.32 Å². The Morgan fingerprint density at radius 1 is 1.17 bits per heavy atom. The van der Waals surface area contributed by atoms with Crippen molar-refractivity contribution in [2.45, 2.75) is 13.2 Å². The highest BCUT2D eigenvalue weighted by atomic mass is 32.1. The lowest BCUT2D eigenvalue weighted by Gasteiger charge is -2.02. The zero-order valence-corrected chi connectivity index (χ0v) is 13.4. The number of thiazole rings is 1. The fourth-order valence-corrected chi connectivity index (χ4v) is 2.62. The Labute approximate surface area is 142 Å². The highest BCUT2D eigenvalue weighted by molar-refractivity contribution is 7.09. The lowest BCUT2D eigenvalue weighted by atomic mass is 10.2. The van der Waals surface area contributed by atoms with Crippen LogP contribution >= 0.6 is 11.3 Å². The van der Waals surface area contributed by atoms with Gasteiger partial charge in [0.1, 0.15) is 23.1 Å². The fourth-order valence-electron chi connectivity index (χ4n) is 1.94. The summed E-state index contributed by atoms with van der Waals surface area (Å²) < 4.78 is 10.3. The molecule has 1 amide bonds. The normalized spacial score (nSPS) is 10.3. The van der Waals surface area contributed by atoms with Gasteiger partial charge in [-0.25, -0.2) is 9.78 Å². The van der Waals surface area contributed by atoms with Crippen molar-refractivity contribution in [3.63, 3.8) is 0 Å². The van der Waals surface area contributed by atoms with Crippen molar-refractivity contribution in [2.75, 3.05) is 0 Å². The Morgan fingerprint density at radius 3 is 2.75 bits per heavy atom. The number of carbonyl (C=O) groups is 2. The Balaban J connectivity index is 1.51. The molecule has 2 heterocycles. The first-order chi connectivity index (χ1) is 11.7. The number of rotatable bonds is 6. The van der Waals surface area contributed by atoms with E-state index in [0.29, 0.717) is 22.9 Å². The van der Waals surface area contributed by atoms with E-state index in [9.17, 15) is 9.59 Å². The van der Waals surface area contributed by atoms with Crippen molar-refractivity contribution < 1.29 is 18.7 Å². The van der Waals surface area contributed by atoms with Gasteiger partial charge in [-0.15, -0.1) is 11.3 Å². The molecule has 1 N–H and O–H groups in total. The van der Waals surface area contributed by atoms with Gasteiger partial charge >= 0.3 is 5.97 Å². The number of nitrogens with one attached hydrogen (secondary N) is 1. The Hall–Kier alpha value is -2.93. The van der Waals surface area contributed by atoms with Crippen molar-refractivity contribution in [3.8, 4) is 0 Å². The third-order valence-corrected chi connectivity index (χ3v) is 3.95. The minimum atomic E-state index is -0.422. The van der Waals surface area contributed by atoms with Crippen LogP contribution in [0.2, 0.25) is 0 Å². The average Bonchev–Trinajstić information content (AvgIpc) is 3.30. The number of furan rings is 1. The summed E-state index contributed by atoms with van der Waals surface area (Å²) in [5.41, 5.74) is 0.766. The van der Waals surface area contributed by atoms with E-state index >= 15 is 0 Å². The van der Waals surface area contributed by atoms with Crippen LogP contribution in [0.3, 0.4) is 0 Å². The summed E-state index contributed by atoms with van der Waals surface area (Å²) in [4.78, 5) is 28.0. The Morgan fingerprint density at radius 2 is 2.00 bits per heavy atom. The molecule has 0 unspecified atom stereocenters. The second kappa shape index (κ2) is 7.56. The molecule has 0 aliphatic carbocycles. The van der Waals surface area contributed by atoms with Gasteiger partial charge in [-0.1, -0.05) is 18.2 Å². The lowest BCUT2D eigenvalue weighted by Crippen LogP contribution is -2.22. The molecule has 0 radical (unpaired) electrons. The molecule has 0 aliphatic rings. The van der Waals surface area contributed by atoms with Gasteiger partial charge in [0.25, 0.3) is 5.91 Å². The highest BCUT2D eigenvalue weighted by Gasteiger charge is 2.13. The summed E-state index contributed by atoms with van der Waals surface area (Å²) in [7, 11) is 0. The smallest absolute Gasteiger partial charge is 0.338 e. The second-order valence-corrected chi connectivity index (χ2v) is 5.77. The molecule has 7 heteroatoms. The lowest BCUT2D eigenvalue weighted by molar-refractivity contribution is 0.0472. The van der Waals surface area contributed by atoms with Crippen LogP contribution in [0.15, 0.2) is 58.5 Å². The SMILES string of the molecule is O=C(OCc1nc(C(=O)NCc2ccco2)cs1)c1ccccc1. The number of benzene rings is 1. The van der Waals surface area contributed by atoms with Gasteiger partial charge in [0, 0.05) is 5.38 Å². The molecule has 6 nitrogen and oxygen atoms in total. The molecule has 0 saturated heterocycles. The van der Waals surface area contributed by atoms with Gasteiger partial charge in [0.2, 0.25) is 0 Å². The second-order valence-electron chi connectivity index (χ2n) is 4.83. The first-order valence-corrected chi connectivity index (χ1v) is 8.07. The predicted octanol–water partition coefficient (Wildman–Crippen LogP) is 3.02. The van der Waals surface area contributed by atoms with E-state index in [0.717, 1.165) is 0 Å². The molecule has 24 heavy (non-hydrogen) atoms. The average molecular weight is 342 g/mol. The quantitative estimate of drug-likeness (QED) is 0.696. The number of nitrogens with zero attached hydrogens (tertiary/aromatic N) is 1. The minimum Gasteiger partial charge on any atom is -0.467 e. The number of esters is 1. The van der Waals surface area contributed by atoms with E-state index in [1.54, 1.807) is 48.0 Å². The minimum absolute atomic E-state index is 0.0316. The van der Waals surface area contributed by atoms with Crippen LogP contribution in [-0.2, 0) is 17.9 Å². The first-order valence-electron chi connectivity index (χ1n) is 7.19. The maximum atomic E-state index is 12.0. The monoisotopic (exact) mass is 342 g/mol. The summed E-state index contributed by atoms with van der Waals surface area (Å²) in [6.45, 7) is 0.325. The van der Waals surface area contributed by atoms with Crippen molar-refractivity contribution >= 4 is 23.2 Å². The van der Waals surface area contributed by atoms with E-state index in [1.807, 2.05) is 6.07 Å². The molecule has 122 valence electrons. The number of amides is 1. The van der Waals surface area contributed by atoms with E-state index in [1.165, 1.54) is 11.3 Å². The van der Waals surface area contributed by atoms with E-state index < -0.39 is 5.97 Å². The van der Waals surface area contributed by atoms with E-state index in [2.05, 4.69) is 10.3 Å². The van der Waals surface area contributed by atoms with Gasteiger partial charge in [0.15, 0.2) is 0 Å². The third kappa shape index (κ3) is 4.08. The van der Waals surface area contributed by atoms with Crippen LogP contribution in [-0.4, -0.2) is 16.9 Å². The molecule has 0 atom stereocenters. The predicted molar refractivity (Wildman–Crippen MR) is 87.6 cm³/mol. The van der Waals surface area contributed by atoms with Crippen LogP contribution in [0, 0.1) is 0 Å². The van der Waals surface area contributed by atoms with Crippen LogP contribution in [0.25, 0.3) is 0 Å². The van der Waals surface area contributed by atoms with Gasteiger partial charge in [-0.05, 0) is 24.3 Å². The summed E-state index contributed by atoms with van der Waals surface area (Å²) in [6.07, 6.45) is 1.55. The van der Waals surface area contributed by atoms with Crippen molar-refractivity contribution in [3.05, 3.63) is 76.1 Å². The summed E-state index contributed by atoms with van der Waals surface area (Å²) >= 11 is 1.27. The van der Waals surface area contributed by atoms with Gasteiger partial charge in [-0.3, -0.25) is 4.79 Å². The zero-order chi connectivity index (χ0) is 16.8. The van der Waals surface area contributed by atoms with Crippen molar-refractivity contribution in [1.29, 1.82) is 0 Å². The molecular formula is C17H14N2O4S. The third-order valence-electron chi connectivity index (χ3n) is 3.12. The molecule has 0 saturated carbocycles. The topological polar surface area (TPSA) is 81.4 Å². The van der Waals surface area contributed by atoms with E-state index in [-0.39, 0.29) is 18.2 Å². The summed E-state index contributed by atoms with van der Waals surface area (Å²) in [5, 5.41) is 4.90. The molecule has 3 rings (SSSR count). The standard InChI is InChI=1S/C17H14N2O4S/c20-16(18-9-13-7-4-8-22-13)14-11-24-15(19-14)10-23-17(21)12-5-2-1-3-6-12/h1-8,11H,9-10H2,(H,18,20). The number of aromatic nitrogens is 1. The fraction of sp³-hybridized carbons (Fsp3) is 0.118. The highest BCUT2D eigenvalue weighted by Crippen LogP contribution is 2.12. The molecular weight excluding hydrogens is 328 g/mol. The van der Waals surface area contributed by atoms with Gasteiger partial charge < -0.3 is 14.5 Å². The molecule has 3 aromatic rings. The van der Waals surface area contributed by atoms with E-state index in [4.69, 9.17) is 9.15 Å². The molecule has 1 aromatic carbocycles. The Bertz CT molecular complexity index is 812. The van der Waals surface area contributed by atoms with Crippen molar-refractivity contribution in [1.82, 2.24) is 10.3 Å². The van der Waals surface area contributed by atoms with Crippen molar-refractivity contribution in [2.24, 2.45) is 0 Å². The molecule has 0 fully saturated rings. The number of hydrogen-bond acceptors (Lipinski definition) is 6. The van der Waals surface area contributed by atoms with Crippen LogP contribution in [0.5, 0.6) is 0 Å². The maximum Gasteiger partial charge on any atom is 0.338 e. The summed E-state index contributed by atoms with van der Waals surface area (Å²) in [6, 6.07) is 12.2. The number of carbonyl (C=O) groups excluding carboxylic acids is 2. The number of ether oxygens (including phenoxy) is 1. The maximum absolute atomic E-state index is 12.0. The summed E-state index contributed by atoms with van der Waals surface area (Å²) in [5.74, 6) is -0.0616.